The Hall–Kier alpha value is -0.290. The maximum absolute atomic E-state index is 11.4. The lowest BCUT2D eigenvalue weighted by Gasteiger charge is -2.12. The number of hydrogen-bond acceptors (Lipinski definition) is 2. The van der Waals surface area contributed by atoms with Crippen LogP contribution in [0.5, 0.6) is 0 Å². The summed E-state index contributed by atoms with van der Waals surface area (Å²) in [5.41, 5.74) is 0. The molecule has 10 heavy (non-hydrogen) atoms. The fraction of sp³-hybridized carbons (Fsp3) is 1.00. The van der Waals surface area contributed by atoms with Crippen molar-refractivity contribution in [2.45, 2.75) is 19.1 Å². The van der Waals surface area contributed by atoms with Crippen LogP contribution in [0.25, 0.3) is 0 Å². The van der Waals surface area contributed by atoms with E-state index in [9.17, 15) is 13.2 Å². The summed E-state index contributed by atoms with van der Waals surface area (Å²) in [5, 5.41) is 10.4. The van der Waals surface area contributed by atoms with Gasteiger partial charge in [-0.2, -0.15) is 13.2 Å². The maximum atomic E-state index is 11.4. The molecule has 0 saturated heterocycles. The van der Waals surface area contributed by atoms with Gasteiger partial charge in [-0.1, -0.05) is 0 Å². The molecule has 0 aromatic heterocycles. The van der Waals surface area contributed by atoms with E-state index in [4.69, 9.17) is 5.11 Å². The van der Waals surface area contributed by atoms with E-state index >= 15 is 0 Å². The van der Waals surface area contributed by atoms with Gasteiger partial charge in [-0.3, -0.25) is 0 Å². The van der Waals surface area contributed by atoms with E-state index in [0.717, 1.165) is 0 Å². The molecule has 0 radical (unpaired) electrons. The first-order valence-corrected chi connectivity index (χ1v) is 2.86. The first-order chi connectivity index (χ1) is 4.45. The van der Waals surface area contributed by atoms with Crippen LogP contribution >= 0.6 is 0 Å². The first kappa shape index (κ1) is 9.71. The quantitative estimate of drug-likeness (QED) is 0.626. The standard InChI is InChI=1S/C5H10F3NO/c1-4(2-10)9-3-5(6,7)8/h4,9-10H,2-3H2,1H3/t4-/m0/s1. The Kier molecular flexibility index (Phi) is 3.67. The van der Waals surface area contributed by atoms with Gasteiger partial charge in [0.05, 0.1) is 13.2 Å². The highest BCUT2D eigenvalue weighted by molar-refractivity contribution is 4.61. The molecular formula is C5H10F3NO. The van der Waals surface area contributed by atoms with Crippen LogP contribution in [0.3, 0.4) is 0 Å². The van der Waals surface area contributed by atoms with Crippen LogP contribution in [0.15, 0.2) is 0 Å². The van der Waals surface area contributed by atoms with Crippen molar-refractivity contribution in [2.75, 3.05) is 13.2 Å². The first-order valence-electron chi connectivity index (χ1n) is 2.86. The molecule has 0 amide bonds. The van der Waals surface area contributed by atoms with Gasteiger partial charge in [0.1, 0.15) is 0 Å². The van der Waals surface area contributed by atoms with Crippen molar-refractivity contribution >= 4 is 0 Å². The van der Waals surface area contributed by atoms with Crippen molar-refractivity contribution in [1.82, 2.24) is 5.32 Å². The zero-order valence-electron chi connectivity index (χ0n) is 5.57. The summed E-state index contributed by atoms with van der Waals surface area (Å²) in [6.07, 6.45) is -4.19. The number of rotatable bonds is 3. The minimum atomic E-state index is -4.19. The second-order valence-corrected chi connectivity index (χ2v) is 2.08. The topological polar surface area (TPSA) is 32.3 Å². The molecule has 0 aromatic carbocycles. The van der Waals surface area contributed by atoms with E-state index in [1.807, 2.05) is 0 Å². The number of halogens is 3. The lowest BCUT2D eigenvalue weighted by atomic mass is 10.3. The smallest absolute Gasteiger partial charge is 0.395 e. The number of hydrogen-bond donors (Lipinski definition) is 2. The van der Waals surface area contributed by atoms with Crippen LogP contribution in [0.4, 0.5) is 13.2 Å². The van der Waals surface area contributed by atoms with Gasteiger partial charge in [-0.15, -0.1) is 0 Å². The van der Waals surface area contributed by atoms with E-state index in [1.165, 1.54) is 6.92 Å². The Bertz CT molecular complexity index is 93.4. The van der Waals surface area contributed by atoms with Gasteiger partial charge in [0, 0.05) is 6.04 Å². The summed E-state index contributed by atoms with van der Waals surface area (Å²) >= 11 is 0. The lowest BCUT2D eigenvalue weighted by Crippen LogP contribution is -2.37. The van der Waals surface area contributed by atoms with E-state index in [2.05, 4.69) is 5.32 Å². The van der Waals surface area contributed by atoms with Crippen LogP contribution in [-0.2, 0) is 0 Å². The highest BCUT2D eigenvalue weighted by Gasteiger charge is 2.26. The average Bonchev–Trinajstić information content (AvgIpc) is 1.81. The van der Waals surface area contributed by atoms with Gasteiger partial charge < -0.3 is 10.4 Å². The number of nitrogens with one attached hydrogen (secondary N) is 1. The molecule has 5 heteroatoms. The van der Waals surface area contributed by atoms with Gasteiger partial charge in [-0.25, -0.2) is 0 Å². The predicted molar refractivity (Wildman–Crippen MR) is 30.6 cm³/mol. The van der Waals surface area contributed by atoms with Crippen LogP contribution in [0.1, 0.15) is 6.92 Å². The van der Waals surface area contributed by atoms with Gasteiger partial charge in [0.15, 0.2) is 0 Å². The molecular weight excluding hydrogens is 147 g/mol. The summed E-state index contributed by atoms with van der Waals surface area (Å²) in [6.45, 7) is 0.149. The Labute approximate surface area is 57.0 Å². The average molecular weight is 157 g/mol. The molecule has 0 heterocycles. The molecule has 0 rings (SSSR count). The maximum Gasteiger partial charge on any atom is 0.401 e. The number of aliphatic hydroxyl groups is 1. The monoisotopic (exact) mass is 157 g/mol. The third-order valence-electron chi connectivity index (χ3n) is 0.925. The molecule has 62 valence electrons. The number of aliphatic hydroxyl groups excluding tert-OH is 1. The molecule has 2 N–H and O–H groups in total. The van der Waals surface area contributed by atoms with Crippen molar-refractivity contribution in [3.63, 3.8) is 0 Å². The van der Waals surface area contributed by atoms with Crippen LogP contribution in [0, 0.1) is 0 Å². The highest BCUT2D eigenvalue weighted by Crippen LogP contribution is 2.12. The van der Waals surface area contributed by atoms with Crippen LogP contribution in [0.2, 0.25) is 0 Å². The largest absolute Gasteiger partial charge is 0.401 e. The van der Waals surface area contributed by atoms with Gasteiger partial charge in [0.2, 0.25) is 0 Å². The third kappa shape index (κ3) is 5.84. The van der Waals surface area contributed by atoms with E-state index in [1.54, 1.807) is 0 Å². The minimum Gasteiger partial charge on any atom is -0.395 e. The van der Waals surface area contributed by atoms with E-state index < -0.39 is 18.8 Å². The van der Waals surface area contributed by atoms with Gasteiger partial charge in [0.25, 0.3) is 0 Å². The lowest BCUT2D eigenvalue weighted by molar-refractivity contribution is -0.126. The Morgan fingerprint density at radius 1 is 1.50 bits per heavy atom. The second kappa shape index (κ2) is 3.78. The highest BCUT2D eigenvalue weighted by atomic mass is 19.4. The van der Waals surface area contributed by atoms with Gasteiger partial charge in [-0.05, 0) is 6.92 Å². The summed E-state index contributed by atoms with van der Waals surface area (Å²) in [4.78, 5) is 0. The molecule has 0 bridgehead atoms. The zero-order chi connectivity index (χ0) is 8.20. The fourth-order valence-electron chi connectivity index (χ4n) is 0.355. The molecule has 0 fully saturated rings. The molecule has 0 unspecified atom stereocenters. The van der Waals surface area contributed by atoms with Crippen molar-refractivity contribution in [1.29, 1.82) is 0 Å². The molecule has 0 spiro atoms. The molecule has 0 aliphatic heterocycles. The zero-order valence-corrected chi connectivity index (χ0v) is 5.57. The third-order valence-corrected chi connectivity index (χ3v) is 0.925. The van der Waals surface area contributed by atoms with Crippen molar-refractivity contribution in [3.05, 3.63) is 0 Å². The Morgan fingerprint density at radius 2 is 2.00 bits per heavy atom. The molecule has 0 aliphatic rings. The van der Waals surface area contributed by atoms with E-state index in [0.29, 0.717) is 0 Å². The van der Waals surface area contributed by atoms with Crippen LogP contribution < -0.4 is 5.32 Å². The molecule has 0 aromatic rings. The Morgan fingerprint density at radius 3 is 2.30 bits per heavy atom. The second-order valence-electron chi connectivity index (χ2n) is 2.08. The van der Waals surface area contributed by atoms with Gasteiger partial charge >= 0.3 is 6.18 Å². The molecule has 1 atom stereocenters. The summed E-state index contributed by atoms with van der Waals surface area (Å²) in [6, 6.07) is -0.498. The van der Waals surface area contributed by atoms with Crippen molar-refractivity contribution in [3.8, 4) is 0 Å². The normalized spacial score (nSPS) is 15.3. The fourth-order valence-corrected chi connectivity index (χ4v) is 0.355. The van der Waals surface area contributed by atoms with Crippen molar-refractivity contribution < 1.29 is 18.3 Å². The Balaban J connectivity index is 3.36. The molecule has 2 nitrogen and oxygen atoms in total. The van der Waals surface area contributed by atoms with Crippen LogP contribution in [-0.4, -0.2) is 30.5 Å². The molecule has 0 aliphatic carbocycles. The summed E-state index contributed by atoms with van der Waals surface area (Å²) in [5.74, 6) is 0. The number of alkyl halides is 3. The summed E-state index contributed by atoms with van der Waals surface area (Å²) in [7, 11) is 0. The SMILES string of the molecule is C[C@@H](CO)NCC(F)(F)F. The molecule has 0 saturated carbocycles. The van der Waals surface area contributed by atoms with E-state index in [-0.39, 0.29) is 6.61 Å². The summed E-state index contributed by atoms with van der Waals surface area (Å²) < 4.78 is 34.2. The minimum absolute atomic E-state index is 0.282. The predicted octanol–water partition coefficient (Wildman–Crippen LogP) is 0.519. The van der Waals surface area contributed by atoms with Crippen molar-refractivity contribution in [2.24, 2.45) is 0 Å².